The Kier molecular flexibility index (Phi) is 4.85. The summed E-state index contributed by atoms with van der Waals surface area (Å²) in [6, 6.07) is 10.6. The van der Waals surface area contributed by atoms with Gasteiger partial charge in [0, 0.05) is 60.6 Å². The Morgan fingerprint density at radius 3 is 2.61 bits per heavy atom. The molecule has 0 unspecified atom stereocenters. The molecule has 0 saturated carbocycles. The fraction of sp³-hybridized carbons (Fsp3) is 0.143. The molecule has 8 heteroatoms. The van der Waals surface area contributed by atoms with Crippen LogP contribution in [-0.2, 0) is 0 Å². The van der Waals surface area contributed by atoms with E-state index >= 15 is 0 Å². The lowest BCUT2D eigenvalue weighted by atomic mass is 9.97. The number of H-pyrrole nitrogens is 1. The Balaban J connectivity index is 1.44. The van der Waals surface area contributed by atoms with Crippen LogP contribution in [0.4, 0.5) is 10.2 Å². The van der Waals surface area contributed by atoms with E-state index in [1.54, 1.807) is 24.5 Å². The average Bonchev–Trinajstić information content (AvgIpc) is 3.32. The third kappa shape index (κ3) is 3.37. The van der Waals surface area contributed by atoms with Crippen LogP contribution < -0.4 is 10.2 Å². The van der Waals surface area contributed by atoms with E-state index in [0.29, 0.717) is 22.7 Å². The number of benzene rings is 1. The van der Waals surface area contributed by atoms with E-state index in [9.17, 15) is 4.39 Å². The van der Waals surface area contributed by atoms with Crippen molar-refractivity contribution in [3.05, 3.63) is 84.6 Å². The molecule has 5 aromatic rings. The van der Waals surface area contributed by atoms with Crippen molar-refractivity contribution >= 4 is 33.3 Å². The number of anilines is 1. The number of aromatic amines is 1. The second-order valence-corrected chi connectivity index (χ2v) is 8.95. The van der Waals surface area contributed by atoms with Gasteiger partial charge in [-0.2, -0.15) is 0 Å². The van der Waals surface area contributed by atoms with Gasteiger partial charge in [-0.05, 0) is 29.8 Å². The summed E-state index contributed by atoms with van der Waals surface area (Å²) in [7, 11) is 0. The highest BCUT2D eigenvalue weighted by molar-refractivity contribution is 6.03. The van der Waals surface area contributed by atoms with Gasteiger partial charge in [0.1, 0.15) is 17.3 Å². The number of piperazine rings is 1. The molecule has 7 rings (SSSR count). The van der Waals surface area contributed by atoms with Crippen LogP contribution in [0.15, 0.2) is 73.2 Å². The predicted octanol–water partition coefficient (Wildman–Crippen LogP) is 4.74. The van der Waals surface area contributed by atoms with Gasteiger partial charge in [0.05, 0.1) is 22.8 Å². The molecule has 2 aliphatic rings. The van der Waals surface area contributed by atoms with Crippen LogP contribution in [-0.4, -0.2) is 51.1 Å². The van der Waals surface area contributed by atoms with Crippen molar-refractivity contribution in [2.24, 2.45) is 0 Å². The molecular weight excluding hydrogens is 453 g/mol. The predicted molar refractivity (Wildman–Crippen MR) is 140 cm³/mol. The quantitative estimate of drug-likeness (QED) is 0.391. The first-order chi connectivity index (χ1) is 17.8. The van der Waals surface area contributed by atoms with Crippen molar-refractivity contribution in [2.75, 3.05) is 31.1 Å². The maximum atomic E-state index is 14.5. The van der Waals surface area contributed by atoms with E-state index in [-0.39, 0.29) is 5.82 Å². The van der Waals surface area contributed by atoms with E-state index in [1.165, 1.54) is 6.07 Å². The average molecular weight is 476 g/mol. The molecule has 0 atom stereocenters. The number of halogens is 1. The normalized spacial score (nSPS) is 15.4. The van der Waals surface area contributed by atoms with Gasteiger partial charge in [-0.25, -0.2) is 19.3 Å². The van der Waals surface area contributed by atoms with Gasteiger partial charge in [-0.15, -0.1) is 0 Å². The third-order valence-electron chi connectivity index (χ3n) is 6.80. The van der Waals surface area contributed by atoms with E-state index in [2.05, 4.69) is 37.3 Å². The second-order valence-electron chi connectivity index (χ2n) is 8.95. The van der Waals surface area contributed by atoms with Crippen molar-refractivity contribution in [3.8, 4) is 22.6 Å². The van der Waals surface area contributed by atoms with Gasteiger partial charge in [-0.1, -0.05) is 30.4 Å². The number of hydrogen-bond acceptors (Lipinski definition) is 6. The lowest BCUT2D eigenvalue weighted by Gasteiger charge is -2.30. The van der Waals surface area contributed by atoms with E-state index in [0.717, 1.165) is 65.0 Å². The van der Waals surface area contributed by atoms with Gasteiger partial charge in [-0.3, -0.25) is 4.98 Å². The number of hydrogen-bond donors (Lipinski definition) is 2. The van der Waals surface area contributed by atoms with E-state index in [1.807, 2.05) is 30.5 Å². The molecule has 0 bridgehead atoms. The SMILES string of the molecule is Fc1ccccc1-c1cc2c(-c3nc(N4CCNCC4)c4c(C5=CC=C5)cncc4n3)ccnc2[nH]1. The number of fused-ring (bicyclic) bond motifs is 2. The number of nitrogens with one attached hydrogen (secondary N) is 2. The van der Waals surface area contributed by atoms with Gasteiger partial charge >= 0.3 is 0 Å². The number of nitrogens with zero attached hydrogens (tertiary/aromatic N) is 5. The maximum Gasteiger partial charge on any atom is 0.163 e. The van der Waals surface area contributed by atoms with Crippen LogP contribution in [0.25, 0.3) is 50.2 Å². The molecule has 1 saturated heterocycles. The first-order valence-corrected chi connectivity index (χ1v) is 12.0. The highest BCUT2D eigenvalue weighted by Gasteiger charge is 2.22. The molecule has 2 N–H and O–H groups in total. The Hall–Kier alpha value is -4.43. The molecular formula is C28H22FN7. The molecule has 1 aliphatic carbocycles. The number of allylic oxidation sites excluding steroid dienone is 4. The fourth-order valence-electron chi connectivity index (χ4n) is 4.93. The Morgan fingerprint density at radius 1 is 0.944 bits per heavy atom. The molecule has 0 spiro atoms. The zero-order chi connectivity index (χ0) is 24.1. The van der Waals surface area contributed by atoms with Crippen LogP contribution in [0.2, 0.25) is 0 Å². The van der Waals surface area contributed by atoms with Crippen LogP contribution in [0.1, 0.15) is 5.56 Å². The highest BCUT2D eigenvalue weighted by atomic mass is 19.1. The molecule has 1 aliphatic heterocycles. The van der Waals surface area contributed by atoms with Gasteiger partial charge in [0.25, 0.3) is 0 Å². The summed E-state index contributed by atoms with van der Waals surface area (Å²) in [4.78, 5) is 24.7. The zero-order valence-electron chi connectivity index (χ0n) is 19.4. The number of aromatic nitrogens is 5. The van der Waals surface area contributed by atoms with Crippen molar-refractivity contribution in [1.82, 2.24) is 30.2 Å². The van der Waals surface area contributed by atoms with E-state index < -0.39 is 0 Å². The Morgan fingerprint density at radius 2 is 1.81 bits per heavy atom. The minimum Gasteiger partial charge on any atom is -0.353 e. The van der Waals surface area contributed by atoms with Crippen molar-refractivity contribution in [2.45, 2.75) is 0 Å². The minimum absolute atomic E-state index is 0.286. The summed E-state index contributed by atoms with van der Waals surface area (Å²) in [5.41, 5.74) is 5.63. The van der Waals surface area contributed by atoms with Gasteiger partial charge in [0.15, 0.2) is 5.82 Å². The molecule has 0 amide bonds. The first-order valence-electron chi connectivity index (χ1n) is 12.0. The topological polar surface area (TPSA) is 82.6 Å². The summed E-state index contributed by atoms with van der Waals surface area (Å²) in [6.45, 7) is 3.51. The second kappa shape index (κ2) is 8.35. The number of rotatable bonds is 4. The molecule has 5 heterocycles. The molecule has 1 aromatic carbocycles. The highest BCUT2D eigenvalue weighted by Crippen LogP contribution is 2.37. The summed E-state index contributed by atoms with van der Waals surface area (Å²) in [5, 5.41) is 5.28. The molecule has 4 aromatic heterocycles. The Bertz CT molecular complexity index is 1700. The van der Waals surface area contributed by atoms with Crippen LogP contribution in [0, 0.1) is 5.82 Å². The fourth-order valence-corrected chi connectivity index (χ4v) is 4.93. The van der Waals surface area contributed by atoms with Gasteiger partial charge < -0.3 is 15.2 Å². The lowest BCUT2D eigenvalue weighted by Crippen LogP contribution is -2.44. The standard InChI is InChI=1S/C28H22FN7/c29-22-7-2-1-6-19(22)23-14-20-18(8-9-32-26(20)33-23)27-34-24-16-31-15-21(17-4-3-5-17)25(24)28(35-27)36-12-10-30-11-13-36/h1-9,14-16,30H,10-13H2,(H,32,33). The van der Waals surface area contributed by atoms with Crippen molar-refractivity contribution < 1.29 is 4.39 Å². The largest absolute Gasteiger partial charge is 0.353 e. The monoisotopic (exact) mass is 475 g/mol. The number of pyridine rings is 2. The first kappa shape index (κ1) is 20.9. The smallest absolute Gasteiger partial charge is 0.163 e. The molecule has 7 nitrogen and oxygen atoms in total. The third-order valence-corrected chi connectivity index (χ3v) is 6.80. The van der Waals surface area contributed by atoms with Crippen LogP contribution >= 0.6 is 0 Å². The summed E-state index contributed by atoms with van der Waals surface area (Å²) in [6.07, 6.45) is 11.6. The zero-order valence-corrected chi connectivity index (χ0v) is 19.4. The molecule has 1 fully saturated rings. The minimum atomic E-state index is -0.286. The summed E-state index contributed by atoms with van der Waals surface area (Å²) >= 11 is 0. The van der Waals surface area contributed by atoms with Crippen molar-refractivity contribution in [3.63, 3.8) is 0 Å². The van der Waals surface area contributed by atoms with E-state index in [4.69, 9.17) is 9.97 Å². The van der Waals surface area contributed by atoms with Crippen molar-refractivity contribution in [1.29, 1.82) is 0 Å². The lowest BCUT2D eigenvalue weighted by molar-refractivity contribution is 0.586. The van der Waals surface area contributed by atoms with Crippen LogP contribution in [0.3, 0.4) is 0 Å². The summed E-state index contributed by atoms with van der Waals surface area (Å²) < 4.78 is 14.5. The molecule has 0 radical (unpaired) electrons. The Labute approximate surface area is 206 Å². The van der Waals surface area contributed by atoms with Gasteiger partial charge in [0.2, 0.25) is 0 Å². The molecule has 36 heavy (non-hydrogen) atoms. The maximum absolute atomic E-state index is 14.5. The van der Waals surface area contributed by atoms with Crippen LogP contribution in [0.5, 0.6) is 0 Å². The molecule has 176 valence electrons. The summed E-state index contributed by atoms with van der Waals surface area (Å²) in [5.74, 6) is 1.22.